The summed E-state index contributed by atoms with van der Waals surface area (Å²) >= 11 is 0. The summed E-state index contributed by atoms with van der Waals surface area (Å²) in [5, 5.41) is 22.5. The maximum atomic E-state index is 11.0. The standard InChI is InChI=1S/C19H14N6O3S/c20-12-14-5-8-15(23-25-19-4-2-1-3-18(19)22-24-25)11-17(14)13-6-9-16(10-7-13)28-29(21,26)27/h1-11,23H,(H2,21,26,27). The summed E-state index contributed by atoms with van der Waals surface area (Å²) in [4.78, 5) is 1.55. The molecule has 0 bridgehead atoms. The molecule has 0 fully saturated rings. The first-order chi connectivity index (χ1) is 13.9. The Morgan fingerprint density at radius 1 is 1.07 bits per heavy atom. The number of benzene rings is 3. The summed E-state index contributed by atoms with van der Waals surface area (Å²) in [5.41, 5.74) is 7.21. The molecule has 0 saturated carbocycles. The largest absolute Gasteiger partial charge is 0.380 e. The van der Waals surface area contributed by atoms with Crippen LogP contribution in [0, 0.1) is 11.3 Å². The Morgan fingerprint density at radius 3 is 2.55 bits per heavy atom. The number of para-hydroxylation sites is 1. The highest BCUT2D eigenvalue weighted by Crippen LogP contribution is 2.29. The fourth-order valence-electron chi connectivity index (χ4n) is 2.85. The van der Waals surface area contributed by atoms with E-state index in [0.717, 1.165) is 11.0 Å². The van der Waals surface area contributed by atoms with Crippen LogP contribution in [-0.2, 0) is 10.3 Å². The third kappa shape index (κ3) is 4.01. The molecule has 29 heavy (non-hydrogen) atoms. The molecule has 0 spiro atoms. The number of aromatic nitrogens is 3. The van der Waals surface area contributed by atoms with Gasteiger partial charge in [-0.25, -0.2) is 0 Å². The molecule has 9 nitrogen and oxygen atoms in total. The SMILES string of the molecule is N#Cc1ccc(Nn2nnc3ccccc32)cc1-c1ccc(OS(N)(=O)=O)cc1. The first kappa shape index (κ1) is 18.4. The molecular weight excluding hydrogens is 392 g/mol. The Labute approximate surface area is 166 Å². The minimum Gasteiger partial charge on any atom is -0.371 e. The predicted octanol–water partition coefficient (Wildman–Crippen LogP) is 2.43. The van der Waals surface area contributed by atoms with Gasteiger partial charge >= 0.3 is 10.3 Å². The molecular formula is C19H14N6O3S. The van der Waals surface area contributed by atoms with Crippen LogP contribution in [0.5, 0.6) is 5.75 Å². The quantitative estimate of drug-likeness (QED) is 0.519. The van der Waals surface area contributed by atoms with Crippen molar-refractivity contribution in [1.82, 2.24) is 15.1 Å². The average molecular weight is 406 g/mol. The maximum absolute atomic E-state index is 11.0. The number of nitriles is 1. The molecule has 0 radical (unpaired) electrons. The molecule has 0 amide bonds. The lowest BCUT2D eigenvalue weighted by Gasteiger charge is -2.11. The van der Waals surface area contributed by atoms with Crippen LogP contribution in [0.4, 0.5) is 5.69 Å². The third-order valence-electron chi connectivity index (χ3n) is 4.10. The molecule has 4 rings (SSSR count). The monoisotopic (exact) mass is 406 g/mol. The lowest BCUT2D eigenvalue weighted by atomic mass is 9.99. The summed E-state index contributed by atoms with van der Waals surface area (Å²) in [7, 11) is -4.10. The zero-order chi connectivity index (χ0) is 20.4. The van der Waals surface area contributed by atoms with E-state index >= 15 is 0 Å². The van der Waals surface area contributed by atoms with Crippen molar-refractivity contribution in [3.63, 3.8) is 0 Å². The van der Waals surface area contributed by atoms with Crippen LogP contribution >= 0.6 is 0 Å². The number of fused-ring (bicyclic) bond motifs is 1. The topological polar surface area (TPSA) is 136 Å². The maximum Gasteiger partial charge on any atom is 0.380 e. The van der Waals surface area contributed by atoms with Gasteiger partial charge in [0, 0.05) is 5.56 Å². The molecule has 1 heterocycles. The number of anilines is 1. The second-order valence-electron chi connectivity index (χ2n) is 6.07. The highest BCUT2D eigenvalue weighted by Gasteiger charge is 2.10. The minimum atomic E-state index is -4.10. The number of hydrogen-bond donors (Lipinski definition) is 2. The normalized spacial score (nSPS) is 11.2. The van der Waals surface area contributed by atoms with Gasteiger partial charge in [0.1, 0.15) is 16.8 Å². The number of hydrogen-bond acceptors (Lipinski definition) is 7. The van der Waals surface area contributed by atoms with Crippen molar-refractivity contribution >= 4 is 27.0 Å². The Morgan fingerprint density at radius 2 is 1.83 bits per heavy atom. The van der Waals surface area contributed by atoms with Gasteiger partial charge in [0.2, 0.25) is 0 Å². The van der Waals surface area contributed by atoms with Crippen molar-refractivity contribution in [2.45, 2.75) is 0 Å². The summed E-state index contributed by atoms with van der Waals surface area (Å²) < 4.78 is 26.7. The highest BCUT2D eigenvalue weighted by atomic mass is 32.2. The molecule has 144 valence electrons. The second-order valence-corrected chi connectivity index (χ2v) is 7.23. The number of nitrogens with two attached hydrogens (primary N) is 1. The van der Waals surface area contributed by atoms with Crippen LogP contribution in [-0.4, -0.2) is 23.5 Å². The van der Waals surface area contributed by atoms with Crippen molar-refractivity contribution in [3.8, 4) is 22.9 Å². The molecule has 1 aromatic heterocycles. The predicted molar refractivity (Wildman–Crippen MR) is 107 cm³/mol. The van der Waals surface area contributed by atoms with Crippen LogP contribution in [0.3, 0.4) is 0 Å². The van der Waals surface area contributed by atoms with E-state index in [4.69, 9.17) is 5.14 Å². The van der Waals surface area contributed by atoms with E-state index in [1.807, 2.05) is 24.3 Å². The molecule has 0 unspecified atom stereocenters. The molecule has 0 atom stereocenters. The van der Waals surface area contributed by atoms with Gasteiger partial charge in [-0.2, -0.15) is 23.6 Å². The number of nitrogens with zero attached hydrogens (tertiary/aromatic N) is 4. The number of nitrogens with one attached hydrogen (secondary N) is 1. The molecule has 0 aliphatic carbocycles. The van der Waals surface area contributed by atoms with Gasteiger partial charge in [0.25, 0.3) is 0 Å². The van der Waals surface area contributed by atoms with Gasteiger partial charge in [-0.15, -0.1) is 5.10 Å². The lowest BCUT2D eigenvalue weighted by Crippen LogP contribution is -2.18. The van der Waals surface area contributed by atoms with Crippen molar-refractivity contribution in [1.29, 1.82) is 5.26 Å². The summed E-state index contributed by atoms with van der Waals surface area (Å²) in [5.74, 6) is 0.0816. The van der Waals surface area contributed by atoms with E-state index in [9.17, 15) is 13.7 Å². The zero-order valence-electron chi connectivity index (χ0n) is 14.9. The lowest BCUT2D eigenvalue weighted by molar-refractivity contribution is 0.488. The van der Waals surface area contributed by atoms with Gasteiger partial charge in [0.05, 0.1) is 17.3 Å². The van der Waals surface area contributed by atoms with E-state index in [2.05, 4.69) is 26.0 Å². The van der Waals surface area contributed by atoms with E-state index in [0.29, 0.717) is 22.4 Å². The van der Waals surface area contributed by atoms with Crippen LogP contribution in [0.15, 0.2) is 66.7 Å². The van der Waals surface area contributed by atoms with E-state index < -0.39 is 10.3 Å². The number of rotatable bonds is 5. The first-order valence-electron chi connectivity index (χ1n) is 8.37. The minimum absolute atomic E-state index is 0.0816. The Kier molecular flexibility index (Phi) is 4.59. The Hall–Kier alpha value is -3.94. The second kappa shape index (κ2) is 7.23. The van der Waals surface area contributed by atoms with E-state index in [1.165, 1.54) is 12.1 Å². The van der Waals surface area contributed by atoms with Crippen molar-refractivity contribution in [3.05, 3.63) is 72.3 Å². The zero-order valence-corrected chi connectivity index (χ0v) is 15.7. The smallest absolute Gasteiger partial charge is 0.371 e. The Balaban J connectivity index is 1.68. The van der Waals surface area contributed by atoms with Crippen LogP contribution in [0.25, 0.3) is 22.2 Å². The van der Waals surface area contributed by atoms with E-state index in [-0.39, 0.29) is 5.75 Å². The van der Waals surface area contributed by atoms with Crippen LogP contribution in [0.1, 0.15) is 5.56 Å². The van der Waals surface area contributed by atoms with Gasteiger partial charge in [0.15, 0.2) is 0 Å². The fourth-order valence-corrected chi connectivity index (χ4v) is 3.23. The molecule has 0 saturated heterocycles. The van der Waals surface area contributed by atoms with Gasteiger partial charge in [-0.05, 0) is 53.2 Å². The fraction of sp³-hybridized carbons (Fsp3) is 0. The highest BCUT2D eigenvalue weighted by molar-refractivity contribution is 7.84. The van der Waals surface area contributed by atoms with Gasteiger partial charge in [-0.1, -0.05) is 24.3 Å². The van der Waals surface area contributed by atoms with Crippen molar-refractivity contribution < 1.29 is 12.6 Å². The van der Waals surface area contributed by atoms with Crippen molar-refractivity contribution in [2.75, 3.05) is 5.43 Å². The molecule has 4 aromatic rings. The average Bonchev–Trinajstić information content (AvgIpc) is 3.10. The third-order valence-corrected chi connectivity index (χ3v) is 4.53. The van der Waals surface area contributed by atoms with Crippen molar-refractivity contribution in [2.24, 2.45) is 5.14 Å². The molecule has 0 aliphatic rings. The molecule has 10 heteroatoms. The first-order valence-corrected chi connectivity index (χ1v) is 9.84. The molecule has 0 aliphatic heterocycles. The summed E-state index contributed by atoms with van der Waals surface area (Å²) in [6, 6.07) is 21.1. The van der Waals surface area contributed by atoms with E-state index in [1.54, 1.807) is 35.1 Å². The van der Waals surface area contributed by atoms with Gasteiger partial charge < -0.3 is 4.18 Å². The summed E-state index contributed by atoms with van der Waals surface area (Å²) in [6.07, 6.45) is 0. The van der Waals surface area contributed by atoms with Crippen LogP contribution in [0.2, 0.25) is 0 Å². The van der Waals surface area contributed by atoms with Gasteiger partial charge in [-0.3, -0.25) is 5.43 Å². The Bertz CT molecular complexity index is 1340. The van der Waals surface area contributed by atoms with Crippen LogP contribution < -0.4 is 14.7 Å². The summed E-state index contributed by atoms with van der Waals surface area (Å²) in [6.45, 7) is 0. The molecule has 3 aromatic carbocycles. The molecule has 3 N–H and O–H groups in total.